The molecule has 1 fully saturated rings. The number of piperazine rings is 1. The van der Waals surface area contributed by atoms with E-state index in [0.717, 1.165) is 65.3 Å². The Kier molecular flexibility index (Phi) is 17.7. The van der Waals surface area contributed by atoms with Crippen molar-refractivity contribution in [2.45, 2.75) is 97.8 Å². The highest BCUT2D eigenvalue weighted by Crippen LogP contribution is 2.12. The second-order valence-electron chi connectivity index (χ2n) is 10.3. The number of unbranched alkanes of at least 4 members (excludes halogenated alkanes) is 11. The molecule has 0 aliphatic carbocycles. The van der Waals surface area contributed by atoms with Crippen LogP contribution in [-0.4, -0.2) is 110 Å². The average molecular weight is 496 g/mol. The zero-order valence-electron chi connectivity index (χ0n) is 23.9. The molecule has 0 aromatic carbocycles. The molecule has 0 aromatic heterocycles. The molecule has 7 nitrogen and oxygen atoms in total. The first-order valence-electron chi connectivity index (χ1n) is 14.7. The van der Waals surface area contributed by atoms with Crippen LogP contribution in [0.2, 0.25) is 0 Å². The zero-order chi connectivity index (χ0) is 25.9. The lowest BCUT2D eigenvalue weighted by Gasteiger charge is -2.37. The van der Waals surface area contributed by atoms with Crippen LogP contribution in [0.4, 0.5) is 9.59 Å². The third-order valence-corrected chi connectivity index (χ3v) is 7.43. The summed E-state index contributed by atoms with van der Waals surface area (Å²) in [4.78, 5) is 35.1. The normalized spacial score (nSPS) is 14.3. The summed E-state index contributed by atoms with van der Waals surface area (Å²) in [5.74, 6) is 0. The molecule has 1 saturated heterocycles. The maximum absolute atomic E-state index is 12.7. The second-order valence-corrected chi connectivity index (χ2v) is 10.3. The molecule has 1 aliphatic heterocycles. The van der Waals surface area contributed by atoms with Crippen LogP contribution in [-0.2, 0) is 0 Å². The van der Waals surface area contributed by atoms with E-state index in [1.807, 2.05) is 47.5 Å². The van der Waals surface area contributed by atoms with Crippen molar-refractivity contribution in [2.24, 2.45) is 0 Å². The van der Waals surface area contributed by atoms with E-state index >= 15 is 0 Å². The topological polar surface area (TPSA) is 50.3 Å². The molecule has 0 spiro atoms. The summed E-state index contributed by atoms with van der Waals surface area (Å²) in [6.45, 7) is 13.6. The van der Waals surface area contributed by atoms with Crippen molar-refractivity contribution in [1.82, 2.24) is 24.5 Å². The van der Waals surface area contributed by atoms with Crippen LogP contribution in [0.5, 0.6) is 0 Å². The van der Waals surface area contributed by atoms with Crippen molar-refractivity contribution < 1.29 is 9.59 Å². The van der Waals surface area contributed by atoms with E-state index in [4.69, 9.17) is 0 Å². The second kappa shape index (κ2) is 19.7. The highest BCUT2D eigenvalue weighted by Gasteiger charge is 2.24. The van der Waals surface area contributed by atoms with Crippen LogP contribution in [0.3, 0.4) is 0 Å². The van der Waals surface area contributed by atoms with Crippen molar-refractivity contribution >= 4 is 12.1 Å². The highest BCUT2D eigenvalue weighted by atomic mass is 16.2. The van der Waals surface area contributed by atoms with Gasteiger partial charge in [0.2, 0.25) is 0 Å². The first-order chi connectivity index (χ1) is 16.9. The monoisotopic (exact) mass is 495 g/mol. The minimum absolute atomic E-state index is 0.114. The van der Waals surface area contributed by atoms with Crippen molar-refractivity contribution in [3.63, 3.8) is 0 Å². The fourth-order valence-electron chi connectivity index (χ4n) is 4.82. The molecule has 35 heavy (non-hydrogen) atoms. The molecule has 7 heteroatoms. The Bertz CT molecular complexity index is 547. The predicted octanol–water partition coefficient (Wildman–Crippen LogP) is 5.75. The van der Waals surface area contributed by atoms with Crippen molar-refractivity contribution in [1.29, 1.82) is 0 Å². The Morgan fingerprint density at radius 1 is 0.629 bits per heavy atom. The van der Waals surface area contributed by atoms with Gasteiger partial charge in [-0.15, -0.1) is 0 Å². The van der Waals surface area contributed by atoms with Gasteiger partial charge in [0.05, 0.1) is 0 Å². The Balaban J connectivity index is 2.07. The van der Waals surface area contributed by atoms with Gasteiger partial charge in [0.1, 0.15) is 0 Å². The van der Waals surface area contributed by atoms with Gasteiger partial charge >= 0.3 is 12.1 Å². The largest absolute Gasteiger partial charge is 0.328 e. The molecule has 0 N–H and O–H groups in total. The fourth-order valence-corrected chi connectivity index (χ4v) is 4.82. The fraction of sp³-hybridized carbons (Fsp3) is 0.929. The Morgan fingerprint density at radius 2 is 1.09 bits per heavy atom. The molecule has 0 bridgehead atoms. The van der Waals surface area contributed by atoms with Crippen molar-refractivity contribution in [3.05, 3.63) is 0 Å². The number of amides is 4. The molecular weight excluding hydrogens is 438 g/mol. The SMILES string of the molecule is CCCCCCCCCCCCCCN(C)C(=O)N(C)CCN1CCN(C(=O)N(CC)CC)CC1. The van der Waals surface area contributed by atoms with Gasteiger partial charge in [-0.2, -0.15) is 0 Å². The van der Waals surface area contributed by atoms with Gasteiger partial charge in [-0.3, -0.25) is 4.90 Å². The van der Waals surface area contributed by atoms with E-state index in [1.54, 1.807) is 0 Å². The van der Waals surface area contributed by atoms with E-state index in [2.05, 4.69) is 11.8 Å². The van der Waals surface area contributed by atoms with E-state index in [9.17, 15) is 9.59 Å². The summed E-state index contributed by atoms with van der Waals surface area (Å²) >= 11 is 0. The summed E-state index contributed by atoms with van der Waals surface area (Å²) < 4.78 is 0. The van der Waals surface area contributed by atoms with Gasteiger partial charge in [-0.1, -0.05) is 77.6 Å². The maximum Gasteiger partial charge on any atom is 0.320 e. The van der Waals surface area contributed by atoms with Crippen LogP contribution in [0.15, 0.2) is 0 Å². The summed E-state index contributed by atoms with van der Waals surface area (Å²) in [6.07, 6.45) is 16.0. The summed E-state index contributed by atoms with van der Waals surface area (Å²) in [5.41, 5.74) is 0. The van der Waals surface area contributed by atoms with E-state index < -0.39 is 0 Å². The number of carbonyl (C=O) groups is 2. The molecule has 0 aromatic rings. The Morgan fingerprint density at radius 3 is 1.57 bits per heavy atom. The zero-order valence-corrected chi connectivity index (χ0v) is 23.9. The average Bonchev–Trinajstić information content (AvgIpc) is 2.88. The van der Waals surface area contributed by atoms with Crippen molar-refractivity contribution in [3.8, 4) is 0 Å². The standard InChI is InChI=1S/C28H57N5O2/c1-6-9-10-11-12-13-14-15-16-17-18-19-20-29(4)27(34)30(5)21-22-31-23-25-33(26-24-31)28(35)32(7-2)8-3/h6-26H2,1-5H3. The first-order valence-corrected chi connectivity index (χ1v) is 14.7. The van der Waals surface area contributed by atoms with Crippen LogP contribution in [0.25, 0.3) is 0 Å². The molecule has 0 saturated carbocycles. The molecule has 0 radical (unpaired) electrons. The third kappa shape index (κ3) is 13.4. The lowest BCUT2D eigenvalue weighted by atomic mass is 10.1. The molecule has 0 atom stereocenters. The van der Waals surface area contributed by atoms with Crippen LogP contribution < -0.4 is 0 Å². The number of nitrogens with zero attached hydrogens (tertiary/aromatic N) is 5. The van der Waals surface area contributed by atoms with Crippen molar-refractivity contribution in [2.75, 3.05) is 73.0 Å². The molecule has 4 amide bonds. The Labute approximate surface area is 217 Å². The van der Waals surface area contributed by atoms with Gasteiger partial charge in [0, 0.05) is 73.0 Å². The summed E-state index contributed by atoms with van der Waals surface area (Å²) in [6, 6.07) is 0.268. The van der Waals surface area contributed by atoms with Crippen LogP contribution >= 0.6 is 0 Å². The summed E-state index contributed by atoms with van der Waals surface area (Å²) in [7, 11) is 3.83. The van der Waals surface area contributed by atoms with Gasteiger partial charge in [0.25, 0.3) is 0 Å². The molecule has 1 rings (SSSR count). The van der Waals surface area contributed by atoms with Gasteiger partial charge in [-0.05, 0) is 20.3 Å². The highest BCUT2D eigenvalue weighted by molar-refractivity contribution is 5.74. The number of likely N-dealkylation sites (N-methyl/N-ethyl adjacent to an activating group) is 1. The van der Waals surface area contributed by atoms with E-state index in [0.29, 0.717) is 0 Å². The molecular formula is C28H57N5O2. The number of rotatable bonds is 18. The Hall–Kier alpha value is -1.50. The first kappa shape index (κ1) is 31.5. The lowest BCUT2D eigenvalue weighted by Crippen LogP contribution is -2.54. The minimum Gasteiger partial charge on any atom is -0.328 e. The number of urea groups is 2. The van der Waals surface area contributed by atoms with Crippen LogP contribution in [0.1, 0.15) is 97.8 Å². The third-order valence-electron chi connectivity index (χ3n) is 7.43. The maximum atomic E-state index is 12.7. The number of carbonyl (C=O) groups excluding carboxylic acids is 2. The molecule has 0 unspecified atom stereocenters. The van der Waals surface area contributed by atoms with Gasteiger partial charge in [0.15, 0.2) is 0 Å². The number of hydrogen-bond donors (Lipinski definition) is 0. The number of hydrogen-bond acceptors (Lipinski definition) is 3. The van der Waals surface area contributed by atoms with Gasteiger partial charge < -0.3 is 19.6 Å². The van der Waals surface area contributed by atoms with Gasteiger partial charge in [-0.25, -0.2) is 9.59 Å². The van der Waals surface area contributed by atoms with Crippen LogP contribution in [0, 0.1) is 0 Å². The van der Waals surface area contributed by atoms with E-state index in [-0.39, 0.29) is 12.1 Å². The quantitative estimate of drug-likeness (QED) is 0.228. The smallest absolute Gasteiger partial charge is 0.320 e. The predicted molar refractivity (Wildman–Crippen MR) is 148 cm³/mol. The summed E-state index contributed by atoms with van der Waals surface area (Å²) in [5, 5.41) is 0. The molecule has 1 aliphatic rings. The molecule has 206 valence electrons. The lowest BCUT2D eigenvalue weighted by molar-refractivity contribution is 0.109. The minimum atomic E-state index is 0.114. The van der Waals surface area contributed by atoms with E-state index in [1.165, 1.54) is 70.6 Å². The molecule has 1 heterocycles.